The quantitative estimate of drug-likeness (QED) is 0.896. The van der Waals surface area contributed by atoms with Crippen molar-refractivity contribution < 1.29 is 9.53 Å². The van der Waals surface area contributed by atoms with Crippen LogP contribution in [0.3, 0.4) is 0 Å². The molecule has 1 aromatic carbocycles. The minimum absolute atomic E-state index is 0.00304. The first-order valence-electron chi connectivity index (χ1n) is 9.05. The molecular weight excluding hydrogens is 328 g/mol. The SMILES string of the molecule is COCc1cnc(C)nc1C1CCN(C(=O)NCc2ccccc2)CC1. The predicted octanol–water partition coefficient (Wildman–Crippen LogP) is 3.02. The third-order valence-electron chi connectivity index (χ3n) is 4.77. The van der Waals surface area contributed by atoms with E-state index in [-0.39, 0.29) is 6.03 Å². The van der Waals surface area contributed by atoms with Crippen LogP contribution in [0.4, 0.5) is 4.79 Å². The normalized spacial score (nSPS) is 15.1. The molecule has 6 heteroatoms. The molecule has 1 aliphatic heterocycles. The van der Waals surface area contributed by atoms with Gasteiger partial charge < -0.3 is 15.0 Å². The summed E-state index contributed by atoms with van der Waals surface area (Å²) in [5.74, 6) is 1.13. The molecule has 138 valence electrons. The molecule has 2 amide bonds. The molecule has 0 saturated carbocycles. The number of carbonyl (C=O) groups excluding carboxylic acids is 1. The molecule has 6 nitrogen and oxygen atoms in total. The lowest BCUT2D eigenvalue weighted by Gasteiger charge is -2.32. The highest BCUT2D eigenvalue weighted by atomic mass is 16.5. The Labute approximate surface area is 154 Å². The van der Waals surface area contributed by atoms with Crippen LogP contribution in [0.5, 0.6) is 0 Å². The standard InChI is InChI=1S/C20H26N4O2/c1-15-21-13-18(14-26-2)19(23-15)17-8-10-24(11-9-17)20(25)22-12-16-6-4-3-5-7-16/h3-7,13,17H,8-12,14H2,1-2H3,(H,22,25). The second kappa shape index (κ2) is 8.76. The Balaban J connectivity index is 1.55. The molecule has 2 heterocycles. The van der Waals surface area contributed by atoms with E-state index in [4.69, 9.17) is 4.74 Å². The second-order valence-corrected chi connectivity index (χ2v) is 6.67. The number of amides is 2. The van der Waals surface area contributed by atoms with E-state index in [1.807, 2.05) is 48.4 Å². The number of aromatic nitrogens is 2. The van der Waals surface area contributed by atoms with E-state index in [2.05, 4.69) is 15.3 Å². The summed E-state index contributed by atoms with van der Waals surface area (Å²) in [7, 11) is 1.68. The topological polar surface area (TPSA) is 67.4 Å². The maximum atomic E-state index is 12.4. The van der Waals surface area contributed by atoms with E-state index in [1.165, 1.54) is 0 Å². The average molecular weight is 354 g/mol. The van der Waals surface area contributed by atoms with Crippen molar-refractivity contribution in [1.29, 1.82) is 0 Å². The monoisotopic (exact) mass is 354 g/mol. The molecule has 1 saturated heterocycles. The lowest BCUT2D eigenvalue weighted by molar-refractivity contribution is 0.174. The van der Waals surface area contributed by atoms with Crippen LogP contribution in [0.25, 0.3) is 0 Å². The van der Waals surface area contributed by atoms with Gasteiger partial charge in [-0.25, -0.2) is 14.8 Å². The molecule has 26 heavy (non-hydrogen) atoms. The number of hydrogen-bond donors (Lipinski definition) is 1. The fraction of sp³-hybridized carbons (Fsp3) is 0.450. The van der Waals surface area contributed by atoms with E-state index >= 15 is 0 Å². The number of hydrogen-bond acceptors (Lipinski definition) is 4. The Morgan fingerprint density at radius 2 is 2.00 bits per heavy atom. The largest absolute Gasteiger partial charge is 0.380 e. The summed E-state index contributed by atoms with van der Waals surface area (Å²) in [5, 5.41) is 3.01. The van der Waals surface area contributed by atoms with Gasteiger partial charge in [0.1, 0.15) is 5.82 Å². The van der Waals surface area contributed by atoms with Gasteiger partial charge in [-0.05, 0) is 25.3 Å². The summed E-state index contributed by atoms with van der Waals surface area (Å²) in [5.41, 5.74) is 3.23. The van der Waals surface area contributed by atoms with Crippen LogP contribution in [0, 0.1) is 6.92 Å². The minimum Gasteiger partial charge on any atom is -0.380 e. The minimum atomic E-state index is 0.00304. The van der Waals surface area contributed by atoms with Gasteiger partial charge in [0.05, 0.1) is 12.3 Å². The first-order valence-corrected chi connectivity index (χ1v) is 9.05. The molecule has 1 fully saturated rings. The highest BCUT2D eigenvalue weighted by molar-refractivity contribution is 5.74. The molecule has 0 atom stereocenters. The molecule has 0 radical (unpaired) electrons. The fourth-order valence-corrected chi connectivity index (χ4v) is 3.37. The molecular formula is C20H26N4O2. The van der Waals surface area contributed by atoms with Gasteiger partial charge in [0.15, 0.2) is 0 Å². The molecule has 0 bridgehead atoms. The van der Waals surface area contributed by atoms with Gasteiger partial charge in [-0.2, -0.15) is 0 Å². The van der Waals surface area contributed by atoms with E-state index in [1.54, 1.807) is 7.11 Å². The van der Waals surface area contributed by atoms with E-state index < -0.39 is 0 Å². The van der Waals surface area contributed by atoms with Gasteiger partial charge in [0.25, 0.3) is 0 Å². The van der Waals surface area contributed by atoms with E-state index in [0.717, 1.165) is 48.6 Å². The van der Waals surface area contributed by atoms with Crippen molar-refractivity contribution in [1.82, 2.24) is 20.2 Å². The van der Waals surface area contributed by atoms with Crippen molar-refractivity contribution in [3.63, 3.8) is 0 Å². The Hall–Kier alpha value is -2.47. The molecule has 0 unspecified atom stereocenters. The lowest BCUT2D eigenvalue weighted by atomic mass is 9.91. The van der Waals surface area contributed by atoms with Crippen LogP contribution in [-0.2, 0) is 17.9 Å². The number of aryl methyl sites for hydroxylation is 1. The molecule has 1 aromatic heterocycles. The number of nitrogens with one attached hydrogen (secondary N) is 1. The van der Waals surface area contributed by atoms with Crippen molar-refractivity contribution in [3.05, 3.63) is 59.2 Å². The fourth-order valence-electron chi connectivity index (χ4n) is 3.37. The number of rotatable bonds is 5. The van der Waals surface area contributed by atoms with Crippen LogP contribution in [0.15, 0.2) is 36.5 Å². The van der Waals surface area contributed by atoms with Gasteiger partial charge in [-0.1, -0.05) is 30.3 Å². The number of benzene rings is 1. The highest BCUT2D eigenvalue weighted by Gasteiger charge is 2.26. The van der Waals surface area contributed by atoms with Crippen LogP contribution >= 0.6 is 0 Å². The van der Waals surface area contributed by atoms with Gasteiger partial charge in [-0.3, -0.25) is 0 Å². The zero-order valence-electron chi connectivity index (χ0n) is 15.4. The van der Waals surface area contributed by atoms with Gasteiger partial charge in [0.2, 0.25) is 0 Å². The van der Waals surface area contributed by atoms with Crippen molar-refractivity contribution >= 4 is 6.03 Å². The van der Waals surface area contributed by atoms with Crippen LogP contribution in [-0.4, -0.2) is 41.1 Å². The summed E-state index contributed by atoms with van der Waals surface area (Å²) in [6.45, 7) is 4.46. The third kappa shape index (κ3) is 4.58. The van der Waals surface area contributed by atoms with E-state index in [0.29, 0.717) is 19.1 Å². The summed E-state index contributed by atoms with van der Waals surface area (Å²) in [4.78, 5) is 23.2. The Morgan fingerprint density at radius 3 is 2.69 bits per heavy atom. The first-order chi connectivity index (χ1) is 12.7. The maximum absolute atomic E-state index is 12.4. The molecule has 3 rings (SSSR count). The molecule has 0 spiro atoms. The predicted molar refractivity (Wildman–Crippen MR) is 99.7 cm³/mol. The third-order valence-corrected chi connectivity index (χ3v) is 4.77. The van der Waals surface area contributed by atoms with Crippen LogP contribution < -0.4 is 5.32 Å². The van der Waals surface area contributed by atoms with E-state index in [9.17, 15) is 4.79 Å². The number of carbonyl (C=O) groups is 1. The maximum Gasteiger partial charge on any atom is 0.317 e. The summed E-state index contributed by atoms with van der Waals surface area (Å²) in [6, 6.07) is 9.97. The summed E-state index contributed by atoms with van der Waals surface area (Å²) < 4.78 is 5.28. The van der Waals surface area contributed by atoms with Gasteiger partial charge in [0, 0.05) is 44.4 Å². The van der Waals surface area contributed by atoms with Crippen molar-refractivity contribution in [3.8, 4) is 0 Å². The molecule has 1 aliphatic rings. The first kappa shape index (κ1) is 18.3. The highest BCUT2D eigenvalue weighted by Crippen LogP contribution is 2.29. The number of likely N-dealkylation sites (tertiary alicyclic amines) is 1. The lowest BCUT2D eigenvalue weighted by Crippen LogP contribution is -2.44. The number of urea groups is 1. The number of ether oxygens (including phenoxy) is 1. The average Bonchev–Trinajstić information content (AvgIpc) is 2.68. The zero-order valence-corrected chi connectivity index (χ0v) is 15.4. The van der Waals surface area contributed by atoms with Crippen molar-refractivity contribution in [2.75, 3.05) is 20.2 Å². The van der Waals surface area contributed by atoms with Crippen LogP contribution in [0.2, 0.25) is 0 Å². The number of nitrogens with zero attached hydrogens (tertiary/aromatic N) is 3. The number of piperidine rings is 1. The zero-order chi connectivity index (χ0) is 18.4. The summed E-state index contributed by atoms with van der Waals surface area (Å²) in [6.07, 6.45) is 3.68. The second-order valence-electron chi connectivity index (χ2n) is 6.67. The van der Waals surface area contributed by atoms with Crippen molar-refractivity contribution in [2.24, 2.45) is 0 Å². The summed E-state index contributed by atoms with van der Waals surface area (Å²) >= 11 is 0. The Morgan fingerprint density at radius 1 is 1.27 bits per heavy atom. The van der Waals surface area contributed by atoms with Crippen molar-refractivity contribution in [2.45, 2.75) is 38.8 Å². The van der Waals surface area contributed by atoms with Gasteiger partial charge >= 0.3 is 6.03 Å². The van der Waals surface area contributed by atoms with Gasteiger partial charge in [-0.15, -0.1) is 0 Å². The van der Waals surface area contributed by atoms with Crippen LogP contribution in [0.1, 0.15) is 41.4 Å². The Bertz CT molecular complexity index is 728. The molecule has 2 aromatic rings. The molecule has 1 N–H and O–H groups in total. The smallest absolute Gasteiger partial charge is 0.317 e. The number of methoxy groups -OCH3 is 1. The molecule has 0 aliphatic carbocycles. The Kier molecular flexibility index (Phi) is 6.17.